The van der Waals surface area contributed by atoms with Crippen LogP contribution in [-0.4, -0.2) is 42.2 Å². The van der Waals surface area contributed by atoms with Crippen molar-refractivity contribution in [2.24, 2.45) is 0 Å². The second-order valence-electron chi connectivity index (χ2n) is 8.72. The van der Waals surface area contributed by atoms with Crippen LogP contribution in [-0.2, 0) is 5.41 Å². The van der Waals surface area contributed by atoms with E-state index in [1.807, 2.05) is 11.4 Å². The molecule has 1 aliphatic rings. The van der Waals surface area contributed by atoms with Crippen LogP contribution in [0.3, 0.4) is 0 Å². The monoisotopic (exact) mass is 375 g/mol. The van der Waals surface area contributed by atoms with E-state index in [0.29, 0.717) is 11.8 Å². The smallest absolute Gasteiger partial charge is 0.254 e. The van der Waals surface area contributed by atoms with E-state index in [4.69, 9.17) is 4.98 Å². The molecule has 4 heterocycles. The molecule has 144 valence electrons. The van der Waals surface area contributed by atoms with E-state index in [1.165, 1.54) is 5.52 Å². The van der Waals surface area contributed by atoms with Gasteiger partial charge in [0.2, 0.25) is 0 Å². The molecule has 0 N–H and O–H groups in total. The van der Waals surface area contributed by atoms with Gasteiger partial charge in [-0.15, -0.1) is 0 Å². The molecule has 0 atom stereocenters. The Hall–Kier alpha value is -2.96. The zero-order valence-corrected chi connectivity index (χ0v) is 17.0. The molecule has 0 amide bonds. The maximum Gasteiger partial charge on any atom is 0.254 e. The van der Waals surface area contributed by atoms with Gasteiger partial charge in [-0.1, -0.05) is 32.9 Å². The van der Waals surface area contributed by atoms with E-state index in [9.17, 15) is 0 Å². The number of aryl methyl sites for hydroxylation is 1. The Balaban J connectivity index is 1.55. The van der Waals surface area contributed by atoms with E-state index < -0.39 is 0 Å². The maximum absolute atomic E-state index is 4.96. The topological polar surface area (TPSA) is 64.1 Å². The molecule has 0 bridgehead atoms. The van der Waals surface area contributed by atoms with Gasteiger partial charge in [0.25, 0.3) is 5.78 Å². The Morgan fingerprint density at radius 3 is 2.54 bits per heavy atom. The number of fused-ring (bicyclic) bond motifs is 2. The third kappa shape index (κ3) is 2.42. The number of hydrogen-bond donors (Lipinski definition) is 0. The molecule has 1 fully saturated rings. The number of imidazole rings is 1. The minimum Gasteiger partial charge on any atom is -0.352 e. The van der Waals surface area contributed by atoms with Crippen molar-refractivity contribution in [2.75, 3.05) is 18.0 Å². The molecule has 4 aromatic rings. The van der Waals surface area contributed by atoms with Crippen molar-refractivity contribution in [3.8, 4) is 0 Å². The summed E-state index contributed by atoms with van der Waals surface area (Å²) in [6.45, 7) is 12.7. The third-order valence-electron chi connectivity index (χ3n) is 5.67. The van der Waals surface area contributed by atoms with Crippen LogP contribution in [0.2, 0.25) is 0 Å². The summed E-state index contributed by atoms with van der Waals surface area (Å²) in [5, 5.41) is 4.40. The van der Waals surface area contributed by atoms with Gasteiger partial charge in [-0.3, -0.25) is 0 Å². The molecular formula is C21H25N7. The van der Waals surface area contributed by atoms with Crippen molar-refractivity contribution in [3.05, 3.63) is 47.7 Å². The van der Waals surface area contributed by atoms with Crippen LogP contribution >= 0.6 is 0 Å². The number of para-hydroxylation sites is 2. The summed E-state index contributed by atoms with van der Waals surface area (Å²) in [5.74, 6) is 2.90. The number of aromatic nitrogens is 6. The van der Waals surface area contributed by atoms with Gasteiger partial charge < -0.3 is 9.47 Å². The molecule has 28 heavy (non-hydrogen) atoms. The lowest BCUT2D eigenvalue weighted by atomic mass is 9.94. The lowest BCUT2D eigenvalue weighted by molar-refractivity contribution is 0.369. The second-order valence-corrected chi connectivity index (χ2v) is 8.72. The van der Waals surface area contributed by atoms with Gasteiger partial charge in [-0.25, -0.2) is 9.97 Å². The summed E-state index contributed by atoms with van der Waals surface area (Å²) in [6.07, 6.45) is 1.57. The Morgan fingerprint density at radius 2 is 1.79 bits per heavy atom. The standard InChI is InChI=1S/C21H25N7/c1-13-14(2)24-20-22-12-23-28(20)18(13)26-10-15(11-26)27-17-9-7-6-8-16(17)25-19(27)21(3,4)5/h6-9,12,15H,10-11H2,1-5H3. The lowest BCUT2D eigenvalue weighted by Crippen LogP contribution is -2.50. The van der Waals surface area contributed by atoms with E-state index in [2.05, 4.69) is 76.5 Å². The summed E-state index contributed by atoms with van der Waals surface area (Å²) in [4.78, 5) is 16.2. The fourth-order valence-corrected chi connectivity index (χ4v) is 4.12. The summed E-state index contributed by atoms with van der Waals surface area (Å²) in [6, 6.07) is 8.82. The molecule has 5 rings (SSSR count). The van der Waals surface area contributed by atoms with Crippen LogP contribution in [0.15, 0.2) is 30.6 Å². The predicted molar refractivity (Wildman–Crippen MR) is 110 cm³/mol. The van der Waals surface area contributed by atoms with Gasteiger partial charge in [-0.2, -0.15) is 14.6 Å². The van der Waals surface area contributed by atoms with Gasteiger partial charge in [0, 0.05) is 29.8 Å². The second kappa shape index (κ2) is 5.77. The van der Waals surface area contributed by atoms with Gasteiger partial charge in [-0.05, 0) is 26.0 Å². The Labute approximate surface area is 164 Å². The molecule has 1 aromatic carbocycles. The number of benzene rings is 1. The average Bonchev–Trinajstić information content (AvgIpc) is 3.21. The molecule has 0 unspecified atom stereocenters. The molecule has 0 aliphatic carbocycles. The predicted octanol–water partition coefficient (Wildman–Crippen LogP) is 3.45. The first-order valence-electron chi connectivity index (χ1n) is 9.74. The number of hydrogen-bond acceptors (Lipinski definition) is 5. The van der Waals surface area contributed by atoms with Gasteiger partial charge >= 0.3 is 0 Å². The Bertz CT molecular complexity index is 1190. The van der Waals surface area contributed by atoms with Gasteiger partial charge in [0.05, 0.1) is 17.1 Å². The van der Waals surface area contributed by atoms with E-state index >= 15 is 0 Å². The van der Waals surface area contributed by atoms with Crippen molar-refractivity contribution in [1.29, 1.82) is 0 Å². The molecule has 1 aliphatic heterocycles. The van der Waals surface area contributed by atoms with Crippen molar-refractivity contribution in [3.63, 3.8) is 0 Å². The number of anilines is 1. The third-order valence-corrected chi connectivity index (χ3v) is 5.67. The maximum atomic E-state index is 4.96. The molecule has 1 saturated heterocycles. The molecule has 7 heteroatoms. The highest BCUT2D eigenvalue weighted by Gasteiger charge is 2.36. The Morgan fingerprint density at radius 1 is 1.04 bits per heavy atom. The molecule has 0 spiro atoms. The summed E-state index contributed by atoms with van der Waals surface area (Å²) in [5.41, 5.74) is 4.43. The highest BCUT2D eigenvalue weighted by Crippen LogP contribution is 2.36. The van der Waals surface area contributed by atoms with Crippen LogP contribution in [0.5, 0.6) is 0 Å². The first kappa shape index (κ1) is 17.2. The van der Waals surface area contributed by atoms with Crippen LogP contribution in [0, 0.1) is 13.8 Å². The minimum absolute atomic E-state index is 0.0121. The van der Waals surface area contributed by atoms with Crippen LogP contribution in [0.25, 0.3) is 16.8 Å². The normalized spacial score (nSPS) is 15.5. The first-order valence-corrected chi connectivity index (χ1v) is 9.74. The Kier molecular flexibility index (Phi) is 3.53. The summed E-state index contributed by atoms with van der Waals surface area (Å²) >= 11 is 0. The molecule has 7 nitrogen and oxygen atoms in total. The lowest BCUT2D eigenvalue weighted by Gasteiger charge is -2.43. The minimum atomic E-state index is -0.0121. The van der Waals surface area contributed by atoms with Crippen molar-refractivity contribution in [1.82, 2.24) is 29.1 Å². The van der Waals surface area contributed by atoms with Gasteiger partial charge in [0.1, 0.15) is 18.0 Å². The largest absolute Gasteiger partial charge is 0.352 e. The highest BCUT2D eigenvalue weighted by atomic mass is 15.4. The molecule has 0 radical (unpaired) electrons. The quantitative estimate of drug-likeness (QED) is 0.537. The highest BCUT2D eigenvalue weighted by molar-refractivity contribution is 5.76. The van der Waals surface area contributed by atoms with Crippen LogP contribution in [0.4, 0.5) is 5.82 Å². The zero-order chi connectivity index (χ0) is 19.6. The van der Waals surface area contributed by atoms with Crippen LogP contribution in [0.1, 0.15) is 43.9 Å². The summed E-state index contributed by atoms with van der Waals surface area (Å²) < 4.78 is 4.29. The van der Waals surface area contributed by atoms with Crippen molar-refractivity contribution < 1.29 is 0 Å². The fraction of sp³-hybridized carbons (Fsp3) is 0.429. The molecule has 0 saturated carbocycles. The number of nitrogens with zero attached hydrogens (tertiary/aromatic N) is 7. The van der Waals surface area contributed by atoms with E-state index in [-0.39, 0.29) is 5.41 Å². The first-order chi connectivity index (χ1) is 13.3. The summed E-state index contributed by atoms with van der Waals surface area (Å²) in [7, 11) is 0. The van der Waals surface area contributed by atoms with E-state index in [1.54, 1.807) is 6.33 Å². The molecule has 3 aromatic heterocycles. The zero-order valence-electron chi connectivity index (χ0n) is 17.0. The van der Waals surface area contributed by atoms with Crippen LogP contribution < -0.4 is 4.90 Å². The number of rotatable bonds is 2. The SMILES string of the molecule is Cc1nc2ncnn2c(N2CC(n3c(C(C)(C)C)nc4ccccc43)C2)c1C. The fourth-order valence-electron chi connectivity index (χ4n) is 4.12. The van der Waals surface area contributed by atoms with Crippen molar-refractivity contribution in [2.45, 2.75) is 46.1 Å². The van der Waals surface area contributed by atoms with E-state index in [0.717, 1.165) is 41.5 Å². The average molecular weight is 375 g/mol. The van der Waals surface area contributed by atoms with Crippen molar-refractivity contribution >= 4 is 22.6 Å². The molecular weight excluding hydrogens is 350 g/mol. The van der Waals surface area contributed by atoms with Gasteiger partial charge in [0.15, 0.2) is 0 Å².